The van der Waals surface area contributed by atoms with Crippen molar-refractivity contribution in [3.05, 3.63) is 23.2 Å². The molecule has 0 aromatic heterocycles. The smallest absolute Gasteiger partial charge is 0.369 e. The summed E-state index contributed by atoms with van der Waals surface area (Å²) < 4.78 is 27.8. The maximum Gasteiger partial charge on any atom is 0.403 e. The van der Waals surface area contributed by atoms with Crippen molar-refractivity contribution in [3.8, 4) is 0 Å². The Morgan fingerprint density at radius 1 is 0.962 bits per heavy atom. The molecule has 0 aromatic carbocycles. The van der Waals surface area contributed by atoms with E-state index in [1.807, 2.05) is 14.7 Å². The van der Waals surface area contributed by atoms with Gasteiger partial charge in [0.1, 0.15) is 18.1 Å². The number of aliphatic hydroxyl groups is 1. The lowest BCUT2D eigenvalue weighted by atomic mass is 10.0. The van der Waals surface area contributed by atoms with Crippen molar-refractivity contribution in [2.75, 3.05) is 52.8 Å². The Bertz CT molecular complexity index is 752. The van der Waals surface area contributed by atoms with E-state index in [9.17, 15) is 18.0 Å². The molecule has 3 aliphatic heterocycles. The molecule has 0 atom stereocenters. The van der Waals surface area contributed by atoms with Gasteiger partial charge >= 0.3 is 10.4 Å². The quantitative estimate of drug-likeness (QED) is 0.267. The molecule has 1 aliphatic carbocycles. The molecule has 0 saturated carbocycles. The van der Waals surface area contributed by atoms with E-state index in [0.717, 1.165) is 39.3 Å². The van der Waals surface area contributed by atoms with Crippen molar-refractivity contribution in [2.45, 2.75) is 0 Å². The van der Waals surface area contributed by atoms with Crippen LogP contribution in [0.2, 0.25) is 0 Å². The van der Waals surface area contributed by atoms with Gasteiger partial charge in [0.05, 0.1) is 5.70 Å². The number of hydrogen-bond donors (Lipinski definition) is 2. The van der Waals surface area contributed by atoms with Crippen LogP contribution in [-0.2, 0) is 28.4 Å². The number of rotatable bonds is 7. The van der Waals surface area contributed by atoms with Gasteiger partial charge in [-0.3, -0.25) is 9.59 Å². The van der Waals surface area contributed by atoms with Crippen molar-refractivity contribution in [1.29, 1.82) is 0 Å². The van der Waals surface area contributed by atoms with Crippen LogP contribution in [0.25, 0.3) is 0 Å². The van der Waals surface area contributed by atoms with Gasteiger partial charge in [-0.25, -0.2) is 8.37 Å². The third kappa shape index (κ3) is 4.40. The van der Waals surface area contributed by atoms with E-state index >= 15 is 0 Å². The minimum Gasteiger partial charge on any atom is -0.369 e. The Balaban J connectivity index is 0.000000188. The zero-order valence-electron chi connectivity index (χ0n) is 14.0. The summed E-state index contributed by atoms with van der Waals surface area (Å²) in [5, 5.41) is 7.91. The Morgan fingerprint density at radius 3 is 1.96 bits per heavy atom. The summed E-state index contributed by atoms with van der Waals surface area (Å²) in [5.74, 6) is 0.0485. The number of nitrogens with two attached hydrogens (primary N) is 1. The molecule has 3 fully saturated rings. The predicted octanol–water partition coefficient (Wildman–Crippen LogP) is -2.69. The third-order valence-corrected chi connectivity index (χ3v) is 4.72. The third-order valence-electron chi connectivity index (χ3n) is 3.90. The lowest BCUT2D eigenvalue weighted by Crippen LogP contribution is -2.29. The minimum absolute atomic E-state index is 0.00546. The summed E-state index contributed by atoms with van der Waals surface area (Å²) in [7, 11) is -4.06. The fraction of sp³-hybridized carbons (Fsp3) is 0.571. The number of ketones is 2. The minimum atomic E-state index is -4.06. The highest BCUT2D eigenvalue weighted by Gasteiger charge is 2.43. The Kier molecular flexibility index (Phi) is 5.29. The van der Waals surface area contributed by atoms with Crippen molar-refractivity contribution in [3.63, 3.8) is 0 Å². The molecule has 11 nitrogen and oxygen atoms in total. The van der Waals surface area contributed by atoms with E-state index in [4.69, 9.17) is 5.11 Å². The first-order valence-corrected chi connectivity index (χ1v) is 9.36. The topological polar surface area (TPSA) is 142 Å². The van der Waals surface area contributed by atoms with Gasteiger partial charge in [0.2, 0.25) is 11.6 Å². The Hall–Kier alpha value is -1.99. The average molecular weight is 388 g/mol. The number of Topliss-reactive ketones (excluding diaryl/α,β-unsaturated/α-hetero) is 1. The van der Waals surface area contributed by atoms with Crippen molar-refractivity contribution < 1.29 is 31.5 Å². The van der Waals surface area contributed by atoms with Crippen LogP contribution in [0.15, 0.2) is 23.2 Å². The molecule has 0 spiro atoms. The van der Waals surface area contributed by atoms with Crippen LogP contribution in [-0.4, -0.2) is 92.6 Å². The standard InChI is InChI=1S/C12H13N3O2.C2H7NO5S/c16-9-7-8(13-1-2-13)12(17)11(15-5-6-15)10(9)14-3-4-14;3-1-7-9(5,6)8-2-4/h7H,1-6H2;4H,1-3H2. The molecular weight excluding hydrogens is 368 g/mol. The summed E-state index contributed by atoms with van der Waals surface area (Å²) in [5.41, 5.74) is 6.57. The van der Waals surface area contributed by atoms with E-state index in [1.54, 1.807) is 0 Å². The number of carbonyl (C=O) groups excluding carboxylic acids is 2. The molecule has 0 radical (unpaired) electrons. The van der Waals surface area contributed by atoms with Gasteiger partial charge in [-0.15, -0.1) is 0 Å². The average Bonchev–Trinajstić information content (AvgIpc) is 3.43. The van der Waals surface area contributed by atoms with Crippen LogP contribution in [0, 0.1) is 0 Å². The SMILES string of the molecule is NCOS(=O)(=O)OCO.O=C1C=C(N2CC2)C(=O)C(N2CC2)=C1N1CC1. The zero-order valence-corrected chi connectivity index (χ0v) is 14.8. The van der Waals surface area contributed by atoms with E-state index in [0.29, 0.717) is 17.1 Å². The molecule has 26 heavy (non-hydrogen) atoms. The van der Waals surface area contributed by atoms with E-state index in [2.05, 4.69) is 14.1 Å². The fourth-order valence-electron chi connectivity index (χ4n) is 2.46. The first kappa shape index (κ1) is 18.8. The van der Waals surface area contributed by atoms with Crippen molar-refractivity contribution in [1.82, 2.24) is 14.7 Å². The molecule has 0 amide bonds. The van der Waals surface area contributed by atoms with E-state index in [-0.39, 0.29) is 11.6 Å². The molecule has 3 saturated heterocycles. The van der Waals surface area contributed by atoms with Gasteiger partial charge < -0.3 is 25.5 Å². The lowest BCUT2D eigenvalue weighted by Gasteiger charge is -2.21. The van der Waals surface area contributed by atoms with Gasteiger partial charge in [0.15, 0.2) is 6.79 Å². The molecule has 3 heterocycles. The van der Waals surface area contributed by atoms with Gasteiger partial charge in [0, 0.05) is 45.3 Å². The van der Waals surface area contributed by atoms with Crippen LogP contribution in [0.4, 0.5) is 0 Å². The largest absolute Gasteiger partial charge is 0.403 e. The molecule has 0 unspecified atom stereocenters. The number of allylic oxidation sites excluding steroid dienone is 1. The molecule has 144 valence electrons. The monoisotopic (exact) mass is 388 g/mol. The maximum atomic E-state index is 12.4. The number of hydrogen-bond acceptors (Lipinski definition) is 11. The lowest BCUT2D eigenvalue weighted by molar-refractivity contribution is -0.117. The number of aliphatic hydroxyl groups excluding tert-OH is 1. The summed E-state index contributed by atoms with van der Waals surface area (Å²) in [6.45, 7) is 3.97. The highest BCUT2D eigenvalue weighted by atomic mass is 32.3. The number of carbonyl (C=O) groups is 2. The number of nitrogens with zero attached hydrogens (tertiary/aromatic N) is 3. The van der Waals surface area contributed by atoms with Gasteiger partial charge in [0.25, 0.3) is 0 Å². The normalized spacial score (nSPS) is 21.5. The molecule has 4 rings (SSSR count). The first-order chi connectivity index (χ1) is 12.4. The second-order valence-corrected chi connectivity index (χ2v) is 7.11. The van der Waals surface area contributed by atoms with Crippen molar-refractivity contribution >= 4 is 22.0 Å². The molecule has 0 bridgehead atoms. The molecular formula is C14H20N4O7S. The second kappa shape index (κ2) is 7.32. The first-order valence-electron chi connectivity index (χ1n) is 8.02. The summed E-state index contributed by atoms with van der Waals surface area (Å²) in [6.07, 6.45) is 1.52. The van der Waals surface area contributed by atoms with Gasteiger partial charge in [-0.2, -0.15) is 8.42 Å². The molecule has 3 N–H and O–H groups in total. The zero-order chi connectivity index (χ0) is 18.9. The van der Waals surface area contributed by atoms with Crippen molar-refractivity contribution in [2.24, 2.45) is 5.73 Å². The fourth-order valence-corrected chi connectivity index (χ4v) is 2.82. The Morgan fingerprint density at radius 2 is 1.50 bits per heavy atom. The molecule has 12 heteroatoms. The highest BCUT2D eigenvalue weighted by molar-refractivity contribution is 7.81. The van der Waals surface area contributed by atoms with Crippen LogP contribution >= 0.6 is 0 Å². The van der Waals surface area contributed by atoms with Gasteiger partial charge in [-0.1, -0.05) is 0 Å². The highest BCUT2D eigenvalue weighted by Crippen LogP contribution is 2.33. The Labute approximate surface area is 150 Å². The van der Waals surface area contributed by atoms with Crippen LogP contribution in [0.1, 0.15) is 0 Å². The summed E-state index contributed by atoms with van der Waals surface area (Å²) in [6, 6.07) is 0. The van der Waals surface area contributed by atoms with Crippen LogP contribution in [0.3, 0.4) is 0 Å². The van der Waals surface area contributed by atoms with Crippen LogP contribution in [0.5, 0.6) is 0 Å². The van der Waals surface area contributed by atoms with E-state index in [1.165, 1.54) is 6.08 Å². The summed E-state index contributed by atoms with van der Waals surface area (Å²) in [4.78, 5) is 30.5. The van der Waals surface area contributed by atoms with E-state index < -0.39 is 23.9 Å². The molecule has 4 aliphatic rings. The summed E-state index contributed by atoms with van der Waals surface area (Å²) >= 11 is 0. The predicted molar refractivity (Wildman–Crippen MR) is 87.1 cm³/mol. The second-order valence-electron chi connectivity index (χ2n) is 5.82. The van der Waals surface area contributed by atoms with Gasteiger partial charge in [-0.05, 0) is 0 Å². The molecule has 0 aromatic rings. The van der Waals surface area contributed by atoms with Crippen LogP contribution < -0.4 is 5.73 Å². The maximum absolute atomic E-state index is 12.4.